The van der Waals surface area contributed by atoms with E-state index in [-0.39, 0.29) is 10.3 Å². The molecule has 21 heavy (non-hydrogen) atoms. The Morgan fingerprint density at radius 1 is 1.24 bits per heavy atom. The average molecular weight is 309 g/mol. The van der Waals surface area contributed by atoms with Gasteiger partial charge in [-0.2, -0.15) is 5.10 Å². The molecule has 5 rings (SSSR count). The van der Waals surface area contributed by atoms with Crippen molar-refractivity contribution in [3.8, 4) is 0 Å². The van der Waals surface area contributed by atoms with Gasteiger partial charge in [-0.3, -0.25) is 4.68 Å². The molecule has 116 valence electrons. The van der Waals surface area contributed by atoms with Crippen LogP contribution in [-0.2, 0) is 17.1 Å². The molecule has 0 radical (unpaired) electrons. The van der Waals surface area contributed by atoms with Gasteiger partial charge in [0.1, 0.15) is 4.90 Å². The highest BCUT2D eigenvalue weighted by Gasteiger charge is 2.50. The zero-order valence-corrected chi connectivity index (χ0v) is 13.3. The first-order chi connectivity index (χ1) is 9.94. The van der Waals surface area contributed by atoms with Crippen molar-refractivity contribution >= 4 is 10.0 Å². The van der Waals surface area contributed by atoms with Crippen LogP contribution in [0.4, 0.5) is 0 Å². The predicted octanol–water partition coefficient (Wildman–Crippen LogP) is 1.91. The van der Waals surface area contributed by atoms with E-state index >= 15 is 0 Å². The largest absolute Gasteiger partial charge is 0.274 e. The van der Waals surface area contributed by atoms with Crippen molar-refractivity contribution in [3.63, 3.8) is 0 Å². The van der Waals surface area contributed by atoms with E-state index in [1.807, 2.05) is 0 Å². The molecule has 1 aromatic heterocycles. The first kappa shape index (κ1) is 13.8. The minimum atomic E-state index is -3.42. The highest BCUT2D eigenvalue weighted by atomic mass is 32.2. The summed E-state index contributed by atoms with van der Waals surface area (Å²) in [6, 6.07) is 0. The second kappa shape index (κ2) is 4.56. The van der Waals surface area contributed by atoms with Gasteiger partial charge in [0.2, 0.25) is 10.0 Å². The Hall–Kier alpha value is -0.880. The molecule has 5 nitrogen and oxygen atoms in total. The van der Waals surface area contributed by atoms with Crippen molar-refractivity contribution in [2.45, 2.75) is 43.4 Å². The highest BCUT2D eigenvalue weighted by Crippen LogP contribution is 2.59. The maximum absolute atomic E-state index is 12.4. The van der Waals surface area contributed by atoms with E-state index in [1.54, 1.807) is 13.2 Å². The zero-order chi connectivity index (χ0) is 14.7. The van der Waals surface area contributed by atoms with Crippen molar-refractivity contribution in [2.75, 3.05) is 6.54 Å². The van der Waals surface area contributed by atoms with Crippen molar-refractivity contribution in [1.82, 2.24) is 14.5 Å². The van der Waals surface area contributed by atoms with Crippen LogP contribution in [0.5, 0.6) is 0 Å². The van der Waals surface area contributed by atoms with Gasteiger partial charge in [0.15, 0.2) is 0 Å². The predicted molar refractivity (Wildman–Crippen MR) is 79.0 cm³/mol. The number of aromatic nitrogens is 2. The van der Waals surface area contributed by atoms with Crippen LogP contribution in [0.2, 0.25) is 0 Å². The summed E-state index contributed by atoms with van der Waals surface area (Å²) in [5, 5.41) is 3.96. The van der Waals surface area contributed by atoms with Crippen LogP contribution in [-0.4, -0.2) is 24.7 Å². The molecule has 4 bridgehead atoms. The molecule has 6 heteroatoms. The van der Waals surface area contributed by atoms with Crippen molar-refractivity contribution in [3.05, 3.63) is 12.4 Å². The fourth-order valence-electron chi connectivity index (χ4n) is 5.38. The molecule has 0 aliphatic heterocycles. The number of nitrogens with zero attached hydrogens (tertiary/aromatic N) is 2. The summed E-state index contributed by atoms with van der Waals surface area (Å²) in [5.74, 6) is 2.54. The van der Waals surface area contributed by atoms with Gasteiger partial charge in [0.05, 0.1) is 6.20 Å². The summed E-state index contributed by atoms with van der Waals surface area (Å²) >= 11 is 0. The normalized spacial score (nSPS) is 38.0. The molecule has 0 unspecified atom stereocenters. The molecule has 4 fully saturated rings. The number of hydrogen-bond acceptors (Lipinski definition) is 3. The fraction of sp³-hybridized carbons (Fsp3) is 0.800. The number of hydrogen-bond donors (Lipinski definition) is 1. The van der Waals surface area contributed by atoms with E-state index in [4.69, 9.17) is 0 Å². The Labute approximate surface area is 126 Å². The topological polar surface area (TPSA) is 64.0 Å². The lowest BCUT2D eigenvalue weighted by Gasteiger charge is -2.56. The third-order valence-electron chi connectivity index (χ3n) is 5.79. The van der Waals surface area contributed by atoms with Gasteiger partial charge in [-0.05, 0) is 61.7 Å². The summed E-state index contributed by atoms with van der Waals surface area (Å²) in [6.45, 7) is 0.605. The van der Waals surface area contributed by atoms with Crippen LogP contribution in [0.3, 0.4) is 0 Å². The van der Waals surface area contributed by atoms with Crippen LogP contribution in [0.25, 0.3) is 0 Å². The lowest BCUT2D eigenvalue weighted by atomic mass is 9.50. The van der Waals surface area contributed by atoms with Crippen molar-refractivity contribution in [1.29, 1.82) is 0 Å². The molecule has 0 aromatic carbocycles. The van der Waals surface area contributed by atoms with Gasteiger partial charge in [-0.1, -0.05) is 0 Å². The van der Waals surface area contributed by atoms with Gasteiger partial charge in [0.25, 0.3) is 0 Å². The monoisotopic (exact) mass is 309 g/mol. The first-order valence-corrected chi connectivity index (χ1v) is 9.41. The second-order valence-electron chi connectivity index (χ2n) is 7.59. The van der Waals surface area contributed by atoms with Crippen molar-refractivity contribution in [2.24, 2.45) is 30.2 Å². The van der Waals surface area contributed by atoms with E-state index < -0.39 is 10.0 Å². The summed E-state index contributed by atoms with van der Waals surface area (Å²) < 4.78 is 29.1. The van der Waals surface area contributed by atoms with Crippen LogP contribution in [0.1, 0.15) is 38.5 Å². The molecule has 0 amide bonds. The first-order valence-electron chi connectivity index (χ1n) is 7.92. The van der Waals surface area contributed by atoms with Gasteiger partial charge < -0.3 is 0 Å². The summed E-state index contributed by atoms with van der Waals surface area (Å²) in [6.07, 6.45) is 10.8. The molecule has 1 aromatic rings. The number of sulfonamides is 1. The molecule has 4 aliphatic carbocycles. The summed E-state index contributed by atoms with van der Waals surface area (Å²) in [7, 11) is -1.68. The molecule has 0 atom stereocenters. The van der Waals surface area contributed by atoms with E-state index in [9.17, 15) is 8.42 Å². The Morgan fingerprint density at radius 3 is 2.29 bits per heavy atom. The Balaban J connectivity index is 1.49. The van der Waals surface area contributed by atoms with Crippen molar-refractivity contribution < 1.29 is 8.42 Å². The third-order valence-corrected chi connectivity index (χ3v) is 7.15. The van der Waals surface area contributed by atoms with Crippen LogP contribution in [0, 0.1) is 23.2 Å². The lowest BCUT2D eigenvalue weighted by Crippen LogP contribution is -2.51. The minimum Gasteiger partial charge on any atom is -0.274 e. The maximum Gasteiger partial charge on any atom is 0.243 e. The Kier molecular flexibility index (Phi) is 2.99. The quantitative estimate of drug-likeness (QED) is 0.924. The Bertz CT molecular complexity index is 614. The van der Waals surface area contributed by atoms with E-state index in [0.717, 1.165) is 17.8 Å². The molecule has 4 saturated carbocycles. The molecular weight excluding hydrogens is 286 g/mol. The van der Waals surface area contributed by atoms with E-state index in [1.165, 1.54) is 49.4 Å². The summed E-state index contributed by atoms with van der Waals surface area (Å²) in [5.41, 5.74) is 0.226. The van der Waals surface area contributed by atoms with Crippen LogP contribution >= 0.6 is 0 Å². The molecule has 4 aliphatic rings. The average Bonchev–Trinajstić information content (AvgIpc) is 2.83. The lowest BCUT2D eigenvalue weighted by molar-refractivity contribution is -0.0487. The molecule has 0 saturated heterocycles. The molecule has 1 heterocycles. The van der Waals surface area contributed by atoms with Gasteiger partial charge in [0, 0.05) is 19.8 Å². The molecule has 1 N–H and O–H groups in total. The van der Waals surface area contributed by atoms with E-state index in [0.29, 0.717) is 6.54 Å². The standard InChI is InChI=1S/C15H23N3O2S/c1-18-9-14(8-16-18)21(19,20)17-10-15-5-11-2-12(6-15)4-13(3-11)7-15/h8-9,11-13,17H,2-7,10H2,1H3. The minimum absolute atomic E-state index is 0.226. The number of rotatable bonds is 4. The van der Waals surface area contributed by atoms with Crippen LogP contribution < -0.4 is 4.72 Å². The SMILES string of the molecule is Cn1cc(S(=O)(=O)NCC23CC4CC(CC(C4)C2)C3)cn1. The maximum atomic E-state index is 12.4. The zero-order valence-electron chi connectivity index (χ0n) is 12.5. The number of aryl methyl sites for hydroxylation is 1. The van der Waals surface area contributed by atoms with Gasteiger partial charge in [-0.25, -0.2) is 13.1 Å². The van der Waals surface area contributed by atoms with E-state index in [2.05, 4.69) is 9.82 Å². The van der Waals surface area contributed by atoms with Crippen LogP contribution in [0.15, 0.2) is 17.3 Å². The van der Waals surface area contributed by atoms with Gasteiger partial charge >= 0.3 is 0 Å². The second-order valence-corrected chi connectivity index (χ2v) is 9.36. The fourth-order valence-corrected chi connectivity index (χ4v) is 6.52. The summed E-state index contributed by atoms with van der Waals surface area (Å²) in [4.78, 5) is 0.273. The molecular formula is C15H23N3O2S. The third kappa shape index (κ3) is 2.42. The highest BCUT2D eigenvalue weighted by molar-refractivity contribution is 7.89. The van der Waals surface area contributed by atoms with Gasteiger partial charge in [-0.15, -0.1) is 0 Å². The smallest absolute Gasteiger partial charge is 0.243 e. The number of nitrogens with one attached hydrogen (secondary N) is 1. The Morgan fingerprint density at radius 2 is 1.81 bits per heavy atom. The molecule has 0 spiro atoms.